The highest BCUT2D eigenvalue weighted by molar-refractivity contribution is 5.04. The molecule has 18 heavy (non-hydrogen) atoms. The molecule has 0 spiro atoms. The van der Waals surface area contributed by atoms with Crippen LogP contribution in [0.3, 0.4) is 0 Å². The van der Waals surface area contributed by atoms with Gasteiger partial charge in [0.05, 0.1) is 11.5 Å². The summed E-state index contributed by atoms with van der Waals surface area (Å²) in [6.07, 6.45) is 6.02. The highest BCUT2D eigenvalue weighted by atomic mass is 15.4. The number of nitriles is 1. The van der Waals surface area contributed by atoms with Gasteiger partial charge < -0.3 is 4.90 Å². The largest absolute Gasteiger partial charge is 0.301 e. The summed E-state index contributed by atoms with van der Waals surface area (Å²) in [5.74, 6) is 7.36. The Labute approximate surface area is 110 Å². The molecule has 3 fully saturated rings. The number of fused-ring (bicyclic) bond motifs is 1. The molecular weight excluding hydrogens is 224 g/mol. The molecule has 2 saturated heterocycles. The van der Waals surface area contributed by atoms with Crippen molar-refractivity contribution in [3.05, 3.63) is 0 Å². The van der Waals surface area contributed by atoms with Crippen molar-refractivity contribution in [2.45, 2.75) is 32.1 Å². The van der Waals surface area contributed by atoms with Crippen molar-refractivity contribution in [1.82, 2.24) is 9.91 Å². The second-order valence-corrected chi connectivity index (χ2v) is 6.62. The van der Waals surface area contributed by atoms with E-state index >= 15 is 0 Å². The molecule has 3 rings (SSSR count). The normalized spacial score (nSPS) is 36.4. The minimum Gasteiger partial charge on any atom is -0.301 e. The van der Waals surface area contributed by atoms with Gasteiger partial charge in [0.15, 0.2) is 0 Å². The SMILES string of the molecule is N#CC1(CN2C[C@H]3CN(N)C[C@H]3C2)CCCCC1. The number of likely N-dealkylation sites (tertiary alicyclic amines) is 1. The molecule has 2 heterocycles. The summed E-state index contributed by atoms with van der Waals surface area (Å²) in [4.78, 5) is 2.54. The van der Waals surface area contributed by atoms with Gasteiger partial charge >= 0.3 is 0 Å². The number of hydrogen-bond donors (Lipinski definition) is 1. The fourth-order valence-corrected chi connectivity index (χ4v) is 4.22. The van der Waals surface area contributed by atoms with E-state index in [1.165, 1.54) is 19.3 Å². The minimum absolute atomic E-state index is 0.0424. The maximum atomic E-state index is 9.54. The fraction of sp³-hybridized carbons (Fsp3) is 0.929. The van der Waals surface area contributed by atoms with Crippen LogP contribution in [0.5, 0.6) is 0 Å². The van der Waals surface area contributed by atoms with Crippen LogP contribution in [0.25, 0.3) is 0 Å². The maximum Gasteiger partial charge on any atom is 0.0703 e. The summed E-state index contributed by atoms with van der Waals surface area (Å²) in [5.41, 5.74) is -0.0424. The number of nitrogens with two attached hydrogens (primary N) is 1. The van der Waals surface area contributed by atoms with E-state index in [1.807, 2.05) is 5.01 Å². The number of nitrogens with zero attached hydrogens (tertiary/aromatic N) is 3. The topological polar surface area (TPSA) is 56.3 Å². The third kappa shape index (κ3) is 2.27. The molecule has 0 unspecified atom stereocenters. The predicted octanol–water partition coefficient (Wildman–Crippen LogP) is 1.20. The van der Waals surface area contributed by atoms with E-state index in [1.54, 1.807) is 0 Å². The Morgan fingerprint density at radius 2 is 1.67 bits per heavy atom. The number of rotatable bonds is 2. The zero-order valence-corrected chi connectivity index (χ0v) is 11.1. The number of hydrazine groups is 1. The Bertz CT molecular complexity index is 328. The van der Waals surface area contributed by atoms with E-state index in [0.29, 0.717) is 0 Å². The lowest BCUT2D eigenvalue weighted by Crippen LogP contribution is -2.39. The molecule has 4 heteroatoms. The van der Waals surface area contributed by atoms with Crippen LogP contribution >= 0.6 is 0 Å². The average Bonchev–Trinajstić information content (AvgIpc) is 2.86. The summed E-state index contributed by atoms with van der Waals surface area (Å²) in [6, 6.07) is 2.64. The molecule has 0 radical (unpaired) electrons. The van der Waals surface area contributed by atoms with E-state index < -0.39 is 0 Å². The van der Waals surface area contributed by atoms with Gasteiger partial charge in [0.1, 0.15) is 0 Å². The lowest BCUT2D eigenvalue weighted by Gasteiger charge is -2.34. The van der Waals surface area contributed by atoms with Crippen LogP contribution in [0.4, 0.5) is 0 Å². The van der Waals surface area contributed by atoms with Crippen LogP contribution in [0.1, 0.15) is 32.1 Å². The van der Waals surface area contributed by atoms with Gasteiger partial charge in [0.25, 0.3) is 0 Å². The van der Waals surface area contributed by atoms with Crippen LogP contribution in [0, 0.1) is 28.6 Å². The van der Waals surface area contributed by atoms with Crippen molar-refractivity contribution < 1.29 is 0 Å². The third-order valence-electron chi connectivity index (χ3n) is 5.16. The van der Waals surface area contributed by atoms with E-state index in [2.05, 4.69) is 11.0 Å². The van der Waals surface area contributed by atoms with Crippen molar-refractivity contribution in [3.63, 3.8) is 0 Å². The third-order valence-corrected chi connectivity index (χ3v) is 5.16. The Morgan fingerprint density at radius 3 is 2.22 bits per heavy atom. The van der Waals surface area contributed by atoms with Crippen molar-refractivity contribution in [2.75, 3.05) is 32.7 Å². The Kier molecular flexibility index (Phi) is 3.31. The van der Waals surface area contributed by atoms with Crippen molar-refractivity contribution >= 4 is 0 Å². The molecule has 0 amide bonds. The molecule has 100 valence electrons. The fourth-order valence-electron chi connectivity index (χ4n) is 4.22. The van der Waals surface area contributed by atoms with Crippen LogP contribution in [0.2, 0.25) is 0 Å². The molecule has 0 aromatic rings. The maximum absolute atomic E-state index is 9.54. The van der Waals surface area contributed by atoms with Gasteiger partial charge in [-0.1, -0.05) is 19.3 Å². The monoisotopic (exact) mass is 248 g/mol. The molecule has 2 aliphatic heterocycles. The van der Waals surface area contributed by atoms with Crippen molar-refractivity contribution in [2.24, 2.45) is 23.1 Å². The van der Waals surface area contributed by atoms with E-state index in [0.717, 1.165) is 57.4 Å². The van der Waals surface area contributed by atoms with Gasteiger partial charge in [0.2, 0.25) is 0 Å². The standard InChI is InChI=1S/C14H24N4/c15-10-14(4-2-1-3-5-14)11-17-6-12-8-18(16)9-13(12)7-17/h12-13H,1-9,11,16H2/t12-,13+. The summed E-state index contributed by atoms with van der Waals surface area (Å²) in [7, 11) is 0. The van der Waals surface area contributed by atoms with Crippen molar-refractivity contribution in [3.8, 4) is 6.07 Å². The van der Waals surface area contributed by atoms with Gasteiger partial charge in [-0.2, -0.15) is 5.26 Å². The zero-order chi connectivity index (χ0) is 12.6. The summed E-state index contributed by atoms with van der Waals surface area (Å²) >= 11 is 0. The summed E-state index contributed by atoms with van der Waals surface area (Å²) < 4.78 is 0. The molecule has 0 aromatic heterocycles. The molecule has 3 aliphatic rings. The Hall–Kier alpha value is -0.630. The smallest absolute Gasteiger partial charge is 0.0703 e. The first kappa shape index (κ1) is 12.4. The lowest BCUT2D eigenvalue weighted by atomic mass is 9.75. The first-order chi connectivity index (χ1) is 8.71. The van der Waals surface area contributed by atoms with Gasteiger partial charge in [-0.05, 0) is 24.7 Å². The highest BCUT2D eigenvalue weighted by Gasteiger charge is 2.42. The quantitative estimate of drug-likeness (QED) is 0.746. The van der Waals surface area contributed by atoms with Crippen LogP contribution in [-0.2, 0) is 0 Å². The van der Waals surface area contributed by atoms with Crippen LogP contribution in [-0.4, -0.2) is 42.6 Å². The van der Waals surface area contributed by atoms with E-state index in [4.69, 9.17) is 5.84 Å². The zero-order valence-electron chi connectivity index (χ0n) is 11.1. The van der Waals surface area contributed by atoms with E-state index in [-0.39, 0.29) is 5.41 Å². The summed E-state index contributed by atoms with van der Waals surface area (Å²) in [6.45, 7) is 5.39. The van der Waals surface area contributed by atoms with Gasteiger partial charge in [-0.15, -0.1) is 0 Å². The molecule has 0 bridgehead atoms. The molecular formula is C14H24N4. The highest BCUT2D eigenvalue weighted by Crippen LogP contribution is 2.39. The van der Waals surface area contributed by atoms with Gasteiger partial charge in [-0.25, -0.2) is 5.01 Å². The van der Waals surface area contributed by atoms with Gasteiger partial charge in [-0.3, -0.25) is 5.84 Å². The second kappa shape index (κ2) is 4.80. The van der Waals surface area contributed by atoms with E-state index in [9.17, 15) is 5.26 Å². The average molecular weight is 248 g/mol. The molecule has 1 saturated carbocycles. The van der Waals surface area contributed by atoms with Crippen LogP contribution in [0.15, 0.2) is 0 Å². The summed E-state index contributed by atoms with van der Waals surface area (Å²) in [5, 5.41) is 11.5. The Balaban J connectivity index is 1.59. The molecule has 4 nitrogen and oxygen atoms in total. The molecule has 1 aliphatic carbocycles. The first-order valence-corrected chi connectivity index (χ1v) is 7.34. The van der Waals surface area contributed by atoms with Gasteiger partial charge in [0, 0.05) is 32.7 Å². The van der Waals surface area contributed by atoms with Crippen LogP contribution < -0.4 is 5.84 Å². The minimum atomic E-state index is -0.0424. The molecule has 2 N–H and O–H groups in total. The predicted molar refractivity (Wildman–Crippen MR) is 70.3 cm³/mol. The first-order valence-electron chi connectivity index (χ1n) is 7.34. The second-order valence-electron chi connectivity index (χ2n) is 6.62. The number of hydrogen-bond acceptors (Lipinski definition) is 4. The van der Waals surface area contributed by atoms with Crippen molar-refractivity contribution in [1.29, 1.82) is 5.26 Å². The molecule has 0 aromatic carbocycles. The lowest BCUT2D eigenvalue weighted by molar-refractivity contribution is 0.159. The molecule has 2 atom stereocenters. The Morgan fingerprint density at radius 1 is 1.06 bits per heavy atom.